The minimum absolute atomic E-state index is 0.102. The number of hydrogen-bond donors (Lipinski definition) is 3. The van der Waals surface area contributed by atoms with Gasteiger partial charge in [0.05, 0.1) is 12.0 Å². The first-order valence-electron chi connectivity index (χ1n) is 13.1. The zero-order chi connectivity index (χ0) is 31.0. The number of alkyl halides is 3. The zero-order valence-corrected chi connectivity index (χ0v) is 23.3. The molecule has 0 unspecified atom stereocenters. The molecule has 4 rings (SSSR count). The average molecular weight is 607 g/mol. The van der Waals surface area contributed by atoms with Crippen LogP contribution in [0.4, 0.5) is 13.2 Å². The SMILES string of the molecule is O=C(O)C[C@H](Cc1ccc(Cl)cc1)NC(=O)/C(=C\c1ccc(-c2ccccc2)cc1)NC(=O)c1ccc(C(F)(F)F)cc1. The van der Waals surface area contributed by atoms with Crippen LogP contribution in [-0.4, -0.2) is 28.9 Å². The molecule has 4 aromatic rings. The molecule has 0 aliphatic carbocycles. The fraction of sp³-hybridized carbons (Fsp3) is 0.121. The van der Waals surface area contributed by atoms with E-state index in [0.29, 0.717) is 10.6 Å². The molecule has 0 bridgehead atoms. The fourth-order valence-electron chi connectivity index (χ4n) is 4.29. The van der Waals surface area contributed by atoms with Crippen LogP contribution in [0.1, 0.15) is 33.5 Å². The molecule has 3 N–H and O–H groups in total. The molecule has 0 aliphatic rings. The van der Waals surface area contributed by atoms with Crippen LogP contribution in [0.2, 0.25) is 5.02 Å². The number of carbonyl (C=O) groups excluding carboxylic acids is 2. The van der Waals surface area contributed by atoms with Gasteiger partial charge in [0, 0.05) is 16.6 Å². The topological polar surface area (TPSA) is 95.5 Å². The molecule has 4 aromatic carbocycles. The molecular formula is C33H26ClF3N2O4. The predicted molar refractivity (Wildman–Crippen MR) is 158 cm³/mol. The van der Waals surface area contributed by atoms with Gasteiger partial charge in [0.25, 0.3) is 11.8 Å². The summed E-state index contributed by atoms with van der Waals surface area (Å²) in [5.41, 5.74) is 1.93. The van der Waals surface area contributed by atoms with Gasteiger partial charge in [-0.15, -0.1) is 0 Å². The van der Waals surface area contributed by atoms with Crippen LogP contribution in [-0.2, 0) is 22.2 Å². The minimum atomic E-state index is -4.57. The molecule has 0 fully saturated rings. The van der Waals surface area contributed by atoms with Crippen molar-refractivity contribution in [3.05, 3.63) is 136 Å². The van der Waals surface area contributed by atoms with Crippen LogP contribution in [0, 0.1) is 0 Å². The quantitative estimate of drug-likeness (QED) is 0.169. The number of carboxylic acid groups (broad SMARTS) is 1. The van der Waals surface area contributed by atoms with Crippen LogP contribution in [0.3, 0.4) is 0 Å². The van der Waals surface area contributed by atoms with Crippen molar-refractivity contribution >= 4 is 35.5 Å². The van der Waals surface area contributed by atoms with Crippen molar-refractivity contribution in [3.8, 4) is 11.1 Å². The summed E-state index contributed by atoms with van der Waals surface area (Å²) in [5, 5.41) is 15.1. The second kappa shape index (κ2) is 13.8. The summed E-state index contributed by atoms with van der Waals surface area (Å²) in [7, 11) is 0. The van der Waals surface area contributed by atoms with E-state index in [9.17, 15) is 32.7 Å². The molecule has 0 spiro atoms. The molecule has 0 heterocycles. The fourth-order valence-corrected chi connectivity index (χ4v) is 4.41. The summed E-state index contributed by atoms with van der Waals surface area (Å²) in [6, 6.07) is 26.2. The Morgan fingerprint density at radius 3 is 2.00 bits per heavy atom. The summed E-state index contributed by atoms with van der Waals surface area (Å²) in [4.78, 5) is 38.1. The Morgan fingerprint density at radius 1 is 0.814 bits per heavy atom. The zero-order valence-electron chi connectivity index (χ0n) is 22.6. The largest absolute Gasteiger partial charge is 0.481 e. The Balaban J connectivity index is 1.61. The van der Waals surface area contributed by atoms with E-state index in [1.54, 1.807) is 36.4 Å². The lowest BCUT2D eigenvalue weighted by atomic mass is 10.0. The van der Waals surface area contributed by atoms with Crippen LogP contribution in [0.15, 0.2) is 109 Å². The summed E-state index contributed by atoms with van der Waals surface area (Å²) in [6.07, 6.45) is -3.40. The van der Waals surface area contributed by atoms with Gasteiger partial charge in [0.15, 0.2) is 0 Å². The maximum absolute atomic E-state index is 13.5. The highest BCUT2D eigenvalue weighted by atomic mass is 35.5. The van der Waals surface area contributed by atoms with Crippen molar-refractivity contribution in [2.45, 2.75) is 25.1 Å². The molecule has 1 atom stereocenters. The number of benzene rings is 4. The Hall–Kier alpha value is -4.89. The first-order chi connectivity index (χ1) is 20.5. The highest BCUT2D eigenvalue weighted by Gasteiger charge is 2.30. The monoisotopic (exact) mass is 606 g/mol. The van der Waals surface area contributed by atoms with E-state index in [1.807, 2.05) is 42.5 Å². The number of nitrogens with one attached hydrogen (secondary N) is 2. The van der Waals surface area contributed by atoms with E-state index < -0.39 is 42.0 Å². The van der Waals surface area contributed by atoms with E-state index >= 15 is 0 Å². The minimum Gasteiger partial charge on any atom is -0.481 e. The maximum Gasteiger partial charge on any atom is 0.416 e. The molecule has 0 saturated heterocycles. The second-order valence-corrected chi connectivity index (χ2v) is 10.1. The van der Waals surface area contributed by atoms with Gasteiger partial charge in [-0.25, -0.2) is 0 Å². The smallest absolute Gasteiger partial charge is 0.416 e. The van der Waals surface area contributed by atoms with Crippen molar-refractivity contribution in [1.82, 2.24) is 10.6 Å². The Bertz CT molecular complexity index is 1600. The summed E-state index contributed by atoms with van der Waals surface area (Å²) in [6.45, 7) is 0. The van der Waals surface area contributed by atoms with Crippen LogP contribution in [0.25, 0.3) is 17.2 Å². The lowest BCUT2D eigenvalue weighted by molar-refractivity contribution is -0.138. The van der Waals surface area contributed by atoms with Gasteiger partial charge in [-0.2, -0.15) is 13.2 Å². The molecule has 6 nitrogen and oxygen atoms in total. The van der Waals surface area contributed by atoms with Gasteiger partial charge >= 0.3 is 12.1 Å². The van der Waals surface area contributed by atoms with E-state index in [2.05, 4.69) is 10.6 Å². The van der Waals surface area contributed by atoms with E-state index in [4.69, 9.17) is 11.6 Å². The van der Waals surface area contributed by atoms with Gasteiger partial charge in [-0.1, -0.05) is 78.3 Å². The first-order valence-corrected chi connectivity index (χ1v) is 13.5. The third kappa shape index (κ3) is 9.05. The molecule has 0 aromatic heterocycles. The number of aliphatic carboxylic acids is 1. The molecule has 220 valence electrons. The van der Waals surface area contributed by atoms with E-state index in [0.717, 1.165) is 41.0 Å². The predicted octanol–water partition coefficient (Wildman–Crippen LogP) is 7.00. The maximum atomic E-state index is 13.5. The Morgan fingerprint density at radius 2 is 1.42 bits per heavy atom. The third-order valence-corrected chi connectivity index (χ3v) is 6.70. The molecule has 0 radical (unpaired) electrons. The van der Waals surface area contributed by atoms with Gasteiger partial charge in [-0.05, 0) is 71.1 Å². The summed E-state index contributed by atoms with van der Waals surface area (Å²) >= 11 is 5.94. The Kier molecular flexibility index (Phi) is 10.0. The lowest BCUT2D eigenvalue weighted by Crippen LogP contribution is -2.42. The van der Waals surface area contributed by atoms with Crippen molar-refractivity contribution in [2.24, 2.45) is 0 Å². The molecule has 0 saturated carbocycles. The number of carbonyl (C=O) groups is 3. The van der Waals surface area contributed by atoms with Gasteiger partial charge in [-0.3, -0.25) is 14.4 Å². The molecule has 0 aliphatic heterocycles. The van der Waals surface area contributed by atoms with Crippen LogP contribution < -0.4 is 10.6 Å². The summed E-state index contributed by atoms with van der Waals surface area (Å²) < 4.78 is 39.0. The van der Waals surface area contributed by atoms with Crippen LogP contribution in [0.5, 0.6) is 0 Å². The highest BCUT2D eigenvalue weighted by Crippen LogP contribution is 2.29. The standard InChI is InChI=1S/C33H26ClF3N2O4/c34-27-16-8-21(9-17-27)18-28(20-30(40)41)38-32(43)29(39-31(42)25-12-14-26(15-13-25)33(35,36)37)19-22-6-10-24(11-7-22)23-4-2-1-3-5-23/h1-17,19,28H,18,20H2,(H,38,43)(H,39,42)(H,40,41)/b29-19+/t28-/m0/s1. The number of carboxylic acids is 1. The van der Waals surface area contributed by atoms with Crippen molar-refractivity contribution in [3.63, 3.8) is 0 Å². The summed E-state index contributed by atoms with van der Waals surface area (Å²) in [5.74, 6) is -2.73. The van der Waals surface area contributed by atoms with E-state index in [1.165, 1.54) is 6.08 Å². The van der Waals surface area contributed by atoms with Crippen LogP contribution >= 0.6 is 11.6 Å². The third-order valence-electron chi connectivity index (χ3n) is 6.45. The average Bonchev–Trinajstić information content (AvgIpc) is 2.98. The van der Waals surface area contributed by atoms with Crippen molar-refractivity contribution in [2.75, 3.05) is 0 Å². The number of halogens is 4. The normalized spacial score (nSPS) is 12.3. The highest BCUT2D eigenvalue weighted by molar-refractivity contribution is 6.30. The molecular weight excluding hydrogens is 581 g/mol. The first kappa shape index (κ1) is 31.1. The van der Waals surface area contributed by atoms with Crippen molar-refractivity contribution < 1.29 is 32.7 Å². The number of rotatable bonds is 10. The lowest BCUT2D eigenvalue weighted by Gasteiger charge is -2.19. The molecule has 2 amide bonds. The number of hydrogen-bond acceptors (Lipinski definition) is 3. The van der Waals surface area contributed by atoms with Crippen molar-refractivity contribution in [1.29, 1.82) is 0 Å². The van der Waals surface area contributed by atoms with Gasteiger partial charge < -0.3 is 15.7 Å². The van der Waals surface area contributed by atoms with Gasteiger partial charge in [0.2, 0.25) is 0 Å². The Labute approximate surface area is 250 Å². The second-order valence-electron chi connectivity index (χ2n) is 9.67. The van der Waals surface area contributed by atoms with E-state index in [-0.39, 0.29) is 17.7 Å². The van der Waals surface area contributed by atoms with Gasteiger partial charge in [0.1, 0.15) is 5.70 Å². The number of amides is 2. The molecule has 10 heteroatoms. The molecule has 43 heavy (non-hydrogen) atoms.